The summed E-state index contributed by atoms with van der Waals surface area (Å²) in [7, 11) is -6.77. The van der Waals surface area contributed by atoms with Crippen LogP contribution in [0.2, 0.25) is 0 Å². The summed E-state index contributed by atoms with van der Waals surface area (Å²) in [5.74, 6) is 1.74. The number of likely N-dealkylation sites (tertiary alicyclic amines) is 2. The average molecular weight is 982 g/mol. The first-order chi connectivity index (χ1) is 33.3. The van der Waals surface area contributed by atoms with Gasteiger partial charge in [-0.2, -0.15) is 0 Å². The Morgan fingerprint density at radius 3 is 2.46 bits per heavy atom. The van der Waals surface area contributed by atoms with Crippen LogP contribution in [0.4, 0.5) is 0 Å². The predicted molar refractivity (Wildman–Crippen MR) is 268 cm³/mol. The fraction of sp³-hybridized carbons (Fsp3) is 0.588. The second-order valence-corrected chi connectivity index (χ2v) is 25.2. The fourth-order valence-electron chi connectivity index (χ4n) is 12.0. The van der Waals surface area contributed by atoms with Crippen LogP contribution in [0.5, 0.6) is 5.75 Å². The third-order valence-corrected chi connectivity index (χ3v) is 20.1. The number of H-pyrrole nitrogens is 1. The summed E-state index contributed by atoms with van der Waals surface area (Å²) < 4.78 is 53.8. The van der Waals surface area contributed by atoms with Crippen LogP contribution in [-0.2, 0) is 24.5 Å². The number of aromatic amines is 1. The molecule has 0 bridgehead atoms. The molecule has 4 atom stereocenters. The Balaban J connectivity index is 0.778. The SMILES string of the molecule is CCS(=O)(CC)=NC1CCC(CNC2N=CC(S(=O)(=O)NC(=O)C3=CCC(N4CCC5(CC4)CC(N4CCC[C@H]4c4ccccc4C4CC4)C5)C=C3Oc3cnc4[nH]ccc4c3)=CC2[N+](=O)[O-])CC1. The number of aliphatic imine (C=N–C) groups is 1. The van der Waals surface area contributed by atoms with E-state index in [2.05, 4.69) is 63.4 Å². The number of carbonyl (C=O) groups is 1. The molecular weight excluding hydrogens is 915 g/mol. The highest BCUT2D eigenvalue weighted by Crippen LogP contribution is 2.55. The number of nitrogens with one attached hydrogen (secondary N) is 3. The number of nitrogens with zero attached hydrogens (tertiary/aromatic N) is 6. The van der Waals surface area contributed by atoms with Gasteiger partial charge in [-0.15, -0.1) is 0 Å². The number of hydrogen-bond acceptors (Lipinski definition) is 13. The Hall–Kier alpha value is -4.75. The molecule has 69 heavy (non-hydrogen) atoms. The van der Waals surface area contributed by atoms with Gasteiger partial charge in [0.1, 0.15) is 22.1 Å². The molecule has 3 aliphatic heterocycles. The second-order valence-electron chi connectivity index (χ2n) is 20.6. The summed E-state index contributed by atoms with van der Waals surface area (Å²) in [4.78, 5) is 42.5. The standard InChI is InChI=1S/C51H67N9O7S2/c1-3-68(64,4-2)56-37-15-11-34(12-16-37)31-53-49-46(60(62)63)28-41(33-55-49)69(65,66)57-50(61)44-18-17-38(27-47(44)67-40-26-36-19-22-52-48(36)54-32-40)58-24-20-51(21-25-58)29-39(30-51)59-23-7-10-45(59)43-9-6-5-8-42(43)35-13-14-35/h5-6,8-9,18-19,22,26-28,32-35,37-39,45-46,49,53H,3-4,7,10-17,20-21,23-25,29-31H2,1-2H3,(H,52,54)(H,57,61)/t34?,37?,38?,45-,46?,49?/m0/s1. The van der Waals surface area contributed by atoms with Crippen molar-refractivity contribution in [1.82, 2.24) is 29.8 Å². The zero-order valence-corrected chi connectivity index (χ0v) is 41.5. The van der Waals surface area contributed by atoms with Crippen LogP contribution in [0.3, 0.4) is 0 Å². The summed E-state index contributed by atoms with van der Waals surface area (Å²) in [5.41, 5.74) is 4.21. The number of aromatic nitrogens is 2. The van der Waals surface area contributed by atoms with E-state index in [1.165, 1.54) is 45.1 Å². The molecule has 0 radical (unpaired) electrons. The van der Waals surface area contributed by atoms with Crippen LogP contribution in [0.15, 0.2) is 92.6 Å². The summed E-state index contributed by atoms with van der Waals surface area (Å²) in [6, 6.07) is 12.5. The van der Waals surface area contributed by atoms with Crippen LogP contribution in [0.25, 0.3) is 11.0 Å². The third kappa shape index (κ3) is 10.4. The molecule has 3 aromatic rings. The molecule has 3 unspecified atom stereocenters. The van der Waals surface area contributed by atoms with Crippen LogP contribution < -0.4 is 14.8 Å². The van der Waals surface area contributed by atoms with Gasteiger partial charge in [0.25, 0.3) is 22.0 Å². The van der Waals surface area contributed by atoms with Gasteiger partial charge in [0.15, 0.2) is 6.17 Å². The molecule has 370 valence electrons. The van der Waals surface area contributed by atoms with Crippen molar-refractivity contribution in [3.63, 3.8) is 0 Å². The van der Waals surface area contributed by atoms with Gasteiger partial charge in [-0.05, 0) is 150 Å². The Bertz CT molecular complexity index is 2780. The topological polar surface area (TPSA) is 205 Å². The monoisotopic (exact) mass is 981 g/mol. The molecule has 1 aromatic carbocycles. The molecular formula is C51H67N9O7S2. The number of ether oxygens (including phenoxy) is 1. The number of benzene rings is 1. The van der Waals surface area contributed by atoms with Crippen molar-refractivity contribution in [2.75, 3.05) is 37.7 Å². The van der Waals surface area contributed by atoms with Crippen molar-refractivity contribution < 1.29 is 27.1 Å². The van der Waals surface area contributed by atoms with Gasteiger partial charge < -0.3 is 9.72 Å². The summed E-state index contributed by atoms with van der Waals surface area (Å²) in [5, 5.41) is 16.3. The van der Waals surface area contributed by atoms with Crippen LogP contribution in [0.1, 0.15) is 120 Å². The number of carbonyl (C=O) groups excluding carboxylic acids is 1. The van der Waals surface area contributed by atoms with E-state index in [4.69, 9.17) is 4.74 Å². The van der Waals surface area contributed by atoms with E-state index in [-0.39, 0.29) is 29.3 Å². The molecule has 5 fully saturated rings. The molecule has 1 spiro atoms. The maximum absolute atomic E-state index is 14.1. The van der Waals surface area contributed by atoms with E-state index in [1.54, 1.807) is 29.6 Å². The minimum atomic E-state index is -4.59. The lowest BCUT2D eigenvalue weighted by molar-refractivity contribution is -0.513. The lowest BCUT2D eigenvalue weighted by Gasteiger charge is -2.56. The second kappa shape index (κ2) is 19.8. The molecule has 7 aliphatic rings. The number of sulfonamides is 1. The average Bonchev–Trinajstić information content (AvgIpc) is 3.89. The Labute approximate surface area is 406 Å². The summed E-state index contributed by atoms with van der Waals surface area (Å²) >= 11 is 0. The molecule has 3 N–H and O–H groups in total. The number of rotatable bonds is 16. The minimum Gasteiger partial charge on any atom is -0.455 e. The van der Waals surface area contributed by atoms with E-state index < -0.39 is 47.7 Å². The fourth-order valence-corrected chi connectivity index (χ4v) is 14.5. The zero-order chi connectivity index (χ0) is 47.9. The number of allylic oxidation sites excluding steroid dienone is 1. The summed E-state index contributed by atoms with van der Waals surface area (Å²) in [6.07, 6.45) is 21.7. The highest BCUT2D eigenvalue weighted by molar-refractivity contribution is 7.94. The van der Waals surface area contributed by atoms with Crippen molar-refractivity contribution >= 4 is 42.9 Å². The van der Waals surface area contributed by atoms with Gasteiger partial charge in [0.05, 0.1) is 17.8 Å². The molecule has 10 rings (SSSR count). The van der Waals surface area contributed by atoms with E-state index >= 15 is 0 Å². The number of piperidine rings is 1. The van der Waals surface area contributed by atoms with Crippen molar-refractivity contribution in [2.45, 2.75) is 140 Å². The van der Waals surface area contributed by atoms with E-state index in [9.17, 15) is 27.5 Å². The highest BCUT2D eigenvalue weighted by Gasteiger charge is 2.51. The maximum atomic E-state index is 14.1. The Kier molecular flexibility index (Phi) is 13.7. The lowest BCUT2D eigenvalue weighted by atomic mass is 9.59. The van der Waals surface area contributed by atoms with Gasteiger partial charge in [0.2, 0.25) is 0 Å². The van der Waals surface area contributed by atoms with Crippen molar-refractivity contribution in [1.29, 1.82) is 0 Å². The maximum Gasteiger partial charge on any atom is 0.268 e. The molecule has 4 aliphatic carbocycles. The number of pyridine rings is 1. The number of dihydropyridines is 1. The Morgan fingerprint density at radius 2 is 1.74 bits per heavy atom. The molecule has 3 saturated carbocycles. The lowest BCUT2D eigenvalue weighted by Crippen LogP contribution is -2.56. The normalized spacial score (nSPS) is 27.9. The molecule has 1 amide bonds. The predicted octanol–water partition coefficient (Wildman–Crippen LogP) is 7.53. The van der Waals surface area contributed by atoms with E-state index in [0.717, 1.165) is 75.2 Å². The molecule has 2 saturated heterocycles. The summed E-state index contributed by atoms with van der Waals surface area (Å²) in [6.45, 7) is 7.26. The van der Waals surface area contributed by atoms with Crippen molar-refractivity contribution in [2.24, 2.45) is 20.7 Å². The number of nitro groups is 1. The van der Waals surface area contributed by atoms with E-state index in [1.807, 2.05) is 32.1 Å². The van der Waals surface area contributed by atoms with Gasteiger partial charge in [-0.3, -0.25) is 35.0 Å². The van der Waals surface area contributed by atoms with Gasteiger partial charge in [-0.25, -0.2) is 26.7 Å². The molecule has 5 heterocycles. The molecule has 2 aromatic heterocycles. The first-order valence-corrected chi connectivity index (χ1v) is 28.7. The van der Waals surface area contributed by atoms with Crippen LogP contribution in [0, 0.1) is 21.4 Å². The molecule has 18 heteroatoms. The quantitative estimate of drug-likeness (QED) is 0.0946. The first kappa shape index (κ1) is 47.9. The largest absolute Gasteiger partial charge is 0.455 e. The first-order valence-electron chi connectivity index (χ1n) is 25.3. The van der Waals surface area contributed by atoms with E-state index in [0.29, 0.717) is 53.4 Å². The van der Waals surface area contributed by atoms with Crippen LogP contribution in [-0.4, -0.2) is 117 Å². The zero-order valence-electron chi connectivity index (χ0n) is 39.8. The smallest absolute Gasteiger partial charge is 0.268 e. The van der Waals surface area contributed by atoms with Gasteiger partial charge in [-0.1, -0.05) is 44.2 Å². The van der Waals surface area contributed by atoms with Crippen LogP contribution >= 0.6 is 0 Å². The Morgan fingerprint density at radius 1 is 0.986 bits per heavy atom. The highest BCUT2D eigenvalue weighted by atomic mass is 32.2. The number of hydrogen-bond donors (Lipinski definition) is 3. The van der Waals surface area contributed by atoms with Crippen molar-refractivity contribution in [3.05, 3.63) is 104 Å². The molecule has 16 nitrogen and oxygen atoms in total. The van der Waals surface area contributed by atoms with Gasteiger partial charge >= 0.3 is 0 Å². The van der Waals surface area contributed by atoms with Gasteiger partial charge in [0, 0.05) is 74.7 Å². The third-order valence-electron chi connectivity index (χ3n) is 16.3. The number of fused-ring (bicyclic) bond motifs is 1. The minimum absolute atomic E-state index is 0.0472. The number of amides is 1. The van der Waals surface area contributed by atoms with Crippen molar-refractivity contribution in [3.8, 4) is 5.75 Å².